The van der Waals surface area contributed by atoms with Gasteiger partial charge in [-0.05, 0) is 41.9 Å². The summed E-state index contributed by atoms with van der Waals surface area (Å²) in [5.41, 5.74) is 15.3. The molecule has 0 amide bonds. The van der Waals surface area contributed by atoms with Crippen LogP contribution in [0.3, 0.4) is 0 Å². The van der Waals surface area contributed by atoms with Crippen molar-refractivity contribution < 1.29 is 0 Å². The zero-order valence-corrected chi connectivity index (χ0v) is 20.3. The van der Waals surface area contributed by atoms with E-state index in [4.69, 9.17) is 34.7 Å². The van der Waals surface area contributed by atoms with Gasteiger partial charge in [0.2, 0.25) is 0 Å². The third kappa shape index (κ3) is 4.24. The van der Waals surface area contributed by atoms with Crippen molar-refractivity contribution in [3.05, 3.63) is 64.0 Å². The Balaban J connectivity index is 0.00000245. The van der Waals surface area contributed by atoms with Gasteiger partial charge in [0, 0.05) is 24.0 Å². The van der Waals surface area contributed by atoms with Crippen molar-refractivity contribution in [1.29, 1.82) is 0 Å². The van der Waals surface area contributed by atoms with Crippen molar-refractivity contribution in [2.45, 2.75) is 35.2 Å². The summed E-state index contributed by atoms with van der Waals surface area (Å²) >= 11 is 13.6. The van der Waals surface area contributed by atoms with E-state index in [1.165, 1.54) is 22.9 Å². The van der Waals surface area contributed by atoms with Crippen LogP contribution in [0.25, 0.3) is 0 Å². The number of halogens is 3. The largest absolute Gasteiger partial charge is 0.384 e. The molecule has 168 valence electrons. The van der Waals surface area contributed by atoms with E-state index in [0.29, 0.717) is 20.8 Å². The van der Waals surface area contributed by atoms with Gasteiger partial charge in [0.25, 0.3) is 0 Å². The van der Waals surface area contributed by atoms with Gasteiger partial charge in [-0.1, -0.05) is 59.2 Å². The predicted molar refractivity (Wildman–Crippen MR) is 133 cm³/mol. The summed E-state index contributed by atoms with van der Waals surface area (Å²) in [7, 11) is 0. The smallest absolute Gasteiger partial charge is 0.151 e. The summed E-state index contributed by atoms with van der Waals surface area (Å²) in [6.07, 6.45) is 6.72. The van der Waals surface area contributed by atoms with E-state index in [0.717, 1.165) is 38.2 Å². The first-order valence-electron chi connectivity index (χ1n) is 10.1. The second kappa shape index (κ2) is 9.23. The summed E-state index contributed by atoms with van der Waals surface area (Å²) in [5.74, 6) is 1.19. The number of piperidine rings is 1. The SMILES string of the molecule is Cl.Nc1cc(Sc2cnc(N3CCC4(CC3)Cc3ccccc3C4N)cn2)c(Cl)c(Cl)n1. The third-order valence-electron chi connectivity index (χ3n) is 6.41. The number of benzene rings is 1. The van der Waals surface area contributed by atoms with Crippen LogP contribution in [-0.4, -0.2) is 28.0 Å². The van der Waals surface area contributed by atoms with E-state index in [1.54, 1.807) is 12.3 Å². The lowest BCUT2D eigenvalue weighted by Gasteiger charge is -2.42. The van der Waals surface area contributed by atoms with Gasteiger partial charge in [0.1, 0.15) is 16.7 Å². The molecule has 10 heteroatoms. The van der Waals surface area contributed by atoms with E-state index >= 15 is 0 Å². The van der Waals surface area contributed by atoms with Gasteiger partial charge in [-0.3, -0.25) is 0 Å². The fraction of sp³-hybridized carbons (Fsp3) is 0.318. The number of hydrogen-bond acceptors (Lipinski definition) is 7. The minimum atomic E-state index is 0. The first-order valence-corrected chi connectivity index (χ1v) is 11.7. The summed E-state index contributed by atoms with van der Waals surface area (Å²) in [6.45, 7) is 1.84. The molecule has 0 bridgehead atoms. The molecule has 0 saturated carbocycles. The number of pyridine rings is 1. The molecule has 4 N–H and O–H groups in total. The van der Waals surface area contributed by atoms with Crippen molar-refractivity contribution in [3.8, 4) is 0 Å². The van der Waals surface area contributed by atoms with Crippen molar-refractivity contribution in [1.82, 2.24) is 15.0 Å². The molecule has 1 fully saturated rings. The van der Waals surface area contributed by atoms with Crippen LogP contribution in [-0.2, 0) is 6.42 Å². The second-order valence-corrected chi connectivity index (χ2v) is 9.97. The minimum Gasteiger partial charge on any atom is -0.384 e. The molecule has 6 nitrogen and oxygen atoms in total. The molecule has 1 atom stereocenters. The zero-order valence-electron chi connectivity index (χ0n) is 17.2. The molecule has 1 aromatic carbocycles. The number of fused-ring (bicyclic) bond motifs is 1. The van der Waals surface area contributed by atoms with E-state index in [1.807, 2.05) is 6.20 Å². The van der Waals surface area contributed by atoms with Gasteiger partial charge in [-0.15, -0.1) is 12.4 Å². The van der Waals surface area contributed by atoms with Crippen LogP contribution in [0.15, 0.2) is 52.6 Å². The fourth-order valence-corrected chi connectivity index (χ4v) is 5.96. The maximum atomic E-state index is 6.68. The molecule has 32 heavy (non-hydrogen) atoms. The number of nitrogen functional groups attached to an aromatic ring is 1. The molecular weight excluding hydrogens is 487 g/mol. The second-order valence-electron chi connectivity index (χ2n) is 8.17. The summed E-state index contributed by atoms with van der Waals surface area (Å²) in [6, 6.07) is 10.4. The lowest BCUT2D eigenvalue weighted by atomic mass is 9.73. The van der Waals surface area contributed by atoms with Gasteiger partial charge in [-0.2, -0.15) is 0 Å². The normalized spacial score (nSPS) is 19.0. The highest BCUT2D eigenvalue weighted by Crippen LogP contribution is 2.50. The molecule has 5 rings (SSSR count). The van der Waals surface area contributed by atoms with Crippen LogP contribution < -0.4 is 16.4 Å². The molecule has 3 aromatic rings. The Morgan fingerprint density at radius 3 is 2.53 bits per heavy atom. The van der Waals surface area contributed by atoms with Crippen molar-refractivity contribution in [3.63, 3.8) is 0 Å². The highest BCUT2D eigenvalue weighted by molar-refractivity contribution is 7.99. The Kier molecular flexibility index (Phi) is 6.75. The highest BCUT2D eigenvalue weighted by atomic mass is 35.5. The number of nitrogens with two attached hydrogens (primary N) is 2. The lowest BCUT2D eigenvalue weighted by Crippen LogP contribution is -2.44. The average molecular weight is 510 g/mol. The van der Waals surface area contributed by atoms with Crippen LogP contribution in [0, 0.1) is 5.41 Å². The Hall–Kier alpha value is -1.77. The molecule has 2 aliphatic rings. The number of rotatable bonds is 3. The molecular formula is C22H23Cl3N6S. The Labute approximate surface area is 207 Å². The van der Waals surface area contributed by atoms with E-state index < -0.39 is 0 Å². The van der Waals surface area contributed by atoms with Crippen LogP contribution in [0.5, 0.6) is 0 Å². The van der Waals surface area contributed by atoms with E-state index in [-0.39, 0.29) is 29.0 Å². The van der Waals surface area contributed by atoms with Crippen LogP contribution in [0.1, 0.15) is 30.0 Å². The zero-order chi connectivity index (χ0) is 21.6. The molecule has 3 heterocycles. The van der Waals surface area contributed by atoms with Crippen LogP contribution >= 0.6 is 47.4 Å². The molecule has 0 radical (unpaired) electrons. The summed E-state index contributed by atoms with van der Waals surface area (Å²) < 4.78 is 0. The van der Waals surface area contributed by atoms with Gasteiger partial charge in [-0.25, -0.2) is 15.0 Å². The van der Waals surface area contributed by atoms with Crippen LogP contribution in [0.2, 0.25) is 10.2 Å². The molecule has 1 spiro atoms. The topological polar surface area (TPSA) is 94.0 Å². The number of nitrogens with zero attached hydrogens (tertiary/aromatic N) is 4. The first-order chi connectivity index (χ1) is 14.9. The molecule has 1 saturated heterocycles. The van der Waals surface area contributed by atoms with Crippen LogP contribution in [0.4, 0.5) is 11.6 Å². The molecule has 1 aliphatic heterocycles. The Bertz CT molecular complexity index is 1120. The van der Waals surface area contributed by atoms with Gasteiger partial charge in [0.05, 0.1) is 17.4 Å². The van der Waals surface area contributed by atoms with Gasteiger partial charge in [0.15, 0.2) is 5.15 Å². The standard InChI is InChI=1S/C22H22Cl2N6S.ClH/c23-19-15(9-16(25)29-21(19)24)31-18-12-27-17(11-28-18)30-7-5-22(6-8-30)10-13-3-1-2-4-14(13)20(22)26;/h1-4,9,11-12,20H,5-8,10,26H2,(H2,25,29);1H. The van der Waals surface area contributed by atoms with Crippen molar-refractivity contribution >= 4 is 59.0 Å². The molecule has 1 aliphatic carbocycles. The monoisotopic (exact) mass is 508 g/mol. The summed E-state index contributed by atoms with van der Waals surface area (Å²) in [4.78, 5) is 16.1. The molecule has 1 unspecified atom stereocenters. The third-order valence-corrected chi connectivity index (χ3v) is 8.24. The van der Waals surface area contributed by atoms with Gasteiger partial charge < -0.3 is 16.4 Å². The minimum absolute atomic E-state index is 0. The number of anilines is 2. The van der Waals surface area contributed by atoms with E-state index in [2.05, 4.69) is 44.1 Å². The molecule has 2 aromatic heterocycles. The number of aromatic nitrogens is 3. The Morgan fingerprint density at radius 1 is 1.09 bits per heavy atom. The first kappa shape index (κ1) is 23.4. The maximum absolute atomic E-state index is 6.68. The number of hydrogen-bond donors (Lipinski definition) is 2. The van der Waals surface area contributed by atoms with E-state index in [9.17, 15) is 0 Å². The van der Waals surface area contributed by atoms with Crippen molar-refractivity contribution in [2.75, 3.05) is 23.7 Å². The fourth-order valence-electron chi connectivity index (χ4n) is 4.69. The van der Waals surface area contributed by atoms with Crippen molar-refractivity contribution in [2.24, 2.45) is 11.1 Å². The summed E-state index contributed by atoms with van der Waals surface area (Å²) in [5, 5.41) is 1.26. The predicted octanol–water partition coefficient (Wildman–Crippen LogP) is 5.18. The average Bonchev–Trinajstić information content (AvgIpc) is 3.04. The highest BCUT2D eigenvalue weighted by Gasteiger charge is 2.45. The maximum Gasteiger partial charge on any atom is 0.151 e. The Morgan fingerprint density at radius 2 is 1.84 bits per heavy atom. The van der Waals surface area contributed by atoms with Gasteiger partial charge >= 0.3 is 0 Å². The quantitative estimate of drug-likeness (QED) is 0.470. The lowest BCUT2D eigenvalue weighted by molar-refractivity contribution is 0.187.